The van der Waals surface area contributed by atoms with Crippen LogP contribution < -0.4 is 5.32 Å². The number of hydrogen-bond donors (Lipinski definition) is 2. The molecular formula is C12H16FNO. The Kier molecular flexibility index (Phi) is 2.91. The van der Waals surface area contributed by atoms with Crippen LogP contribution in [0.25, 0.3) is 0 Å². The summed E-state index contributed by atoms with van der Waals surface area (Å²) in [5, 5.41) is 12.6. The SMILES string of the molecule is CC1CCCC(c2cccc(O)c2F)N1. The number of aromatic hydroxyl groups is 1. The molecule has 82 valence electrons. The van der Waals surface area contributed by atoms with Gasteiger partial charge in [-0.2, -0.15) is 0 Å². The molecule has 3 heteroatoms. The number of hydrogen-bond acceptors (Lipinski definition) is 2. The second-order valence-electron chi connectivity index (χ2n) is 4.23. The van der Waals surface area contributed by atoms with Crippen molar-refractivity contribution in [3.05, 3.63) is 29.6 Å². The number of halogens is 1. The molecule has 1 saturated heterocycles. The fourth-order valence-electron chi connectivity index (χ4n) is 2.19. The van der Waals surface area contributed by atoms with Gasteiger partial charge in [0.2, 0.25) is 0 Å². The highest BCUT2D eigenvalue weighted by atomic mass is 19.1. The first-order valence-corrected chi connectivity index (χ1v) is 5.42. The lowest BCUT2D eigenvalue weighted by Crippen LogP contribution is -2.34. The number of phenolic OH excluding ortho intramolecular Hbond substituents is 1. The van der Waals surface area contributed by atoms with Crippen LogP contribution in [0.4, 0.5) is 4.39 Å². The van der Waals surface area contributed by atoms with Gasteiger partial charge in [0.1, 0.15) is 0 Å². The summed E-state index contributed by atoms with van der Waals surface area (Å²) in [6, 6.07) is 5.27. The summed E-state index contributed by atoms with van der Waals surface area (Å²) in [5.74, 6) is -0.739. The molecule has 2 rings (SSSR count). The molecule has 0 bridgehead atoms. The summed E-state index contributed by atoms with van der Waals surface area (Å²) in [6.07, 6.45) is 3.18. The van der Waals surface area contributed by atoms with Gasteiger partial charge in [0.15, 0.2) is 11.6 Å². The Bertz CT molecular complexity index is 353. The largest absolute Gasteiger partial charge is 0.505 e. The molecule has 1 heterocycles. The predicted octanol–water partition coefficient (Wildman–Crippen LogP) is 2.73. The summed E-state index contributed by atoms with van der Waals surface area (Å²) < 4.78 is 13.6. The van der Waals surface area contributed by atoms with E-state index in [-0.39, 0.29) is 11.8 Å². The summed E-state index contributed by atoms with van der Waals surface area (Å²) in [7, 11) is 0. The molecule has 1 aromatic rings. The van der Waals surface area contributed by atoms with Gasteiger partial charge < -0.3 is 10.4 Å². The smallest absolute Gasteiger partial charge is 0.169 e. The highest BCUT2D eigenvalue weighted by molar-refractivity contribution is 5.32. The molecule has 1 aliphatic heterocycles. The van der Waals surface area contributed by atoms with Gasteiger partial charge in [-0.25, -0.2) is 4.39 Å². The molecule has 2 N–H and O–H groups in total. The zero-order valence-electron chi connectivity index (χ0n) is 8.83. The van der Waals surface area contributed by atoms with Crippen molar-refractivity contribution < 1.29 is 9.50 Å². The van der Waals surface area contributed by atoms with Crippen LogP contribution in [0, 0.1) is 5.82 Å². The van der Waals surface area contributed by atoms with Gasteiger partial charge in [-0.1, -0.05) is 18.6 Å². The van der Waals surface area contributed by atoms with Crippen molar-refractivity contribution >= 4 is 0 Å². The van der Waals surface area contributed by atoms with Crippen molar-refractivity contribution in [3.8, 4) is 5.75 Å². The van der Waals surface area contributed by atoms with E-state index in [1.165, 1.54) is 6.07 Å². The van der Waals surface area contributed by atoms with Crippen LogP contribution in [0.1, 0.15) is 37.8 Å². The zero-order valence-corrected chi connectivity index (χ0v) is 8.83. The molecule has 15 heavy (non-hydrogen) atoms. The minimum Gasteiger partial charge on any atom is -0.505 e. The normalized spacial score (nSPS) is 26.5. The van der Waals surface area contributed by atoms with Crippen LogP contribution in [0.3, 0.4) is 0 Å². The van der Waals surface area contributed by atoms with E-state index in [2.05, 4.69) is 12.2 Å². The topological polar surface area (TPSA) is 32.3 Å². The predicted molar refractivity (Wildman–Crippen MR) is 57.3 cm³/mol. The summed E-state index contributed by atoms with van der Waals surface area (Å²) >= 11 is 0. The van der Waals surface area contributed by atoms with Crippen LogP contribution in [-0.2, 0) is 0 Å². The molecule has 2 unspecified atom stereocenters. The van der Waals surface area contributed by atoms with Crippen molar-refractivity contribution in [2.45, 2.75) is 38.3 Å². The molecule has 1 aromatic carbocycles. The monoisotopic (exact) mass is 209 g/mol. The Labute approximate surface area is 89.1 Å². The van der Waals surface area contributed by atoms with Crippen molar-refractivity contribution in [1.29, 1.82) is 0 Å². The molecule has 0 aliphatic carbocycles. The van der Waals surface area contributed by atoms with Crippen molar-refractivity contribution in [1.82, 2.24) is 5.32 Å². The average molecular weight is 209 g/mol. The minimum absolute atomic E-state index is 0.0425. The molecule has 2 nitrogen and oxygen atoms in total. The van der Waals surface area contributed by atoms with E-state index in [1.807, 2.05) is 0 Å². The van der Waals surface area contributed by atoms with Gasteiger partial charge in [-0.3, -0.25) is 0 Å². The molecule has 1 aliphatic rings. The second kappa shape index (κ2) is 4.19. The van der Waals surface area contributed by atoms with E-state index in [0.717, 1.165) is 19.3 Å². The van der Waals surface area contributed by atoms with Crippen molar-refractivity contribution in [2.24, 2.45) is 0 Å². The average Bonchev–Trinajstić information content (AvgIpc) is 2.22. The van der Waals surface area contributed by atoms with Gasteiger partial charge in [0.25, 0.3) is 0 Å². The Hall–Kier alpha value is -1.09. The number of piperidine rings is 1. The van der Waals surface area contributed by atoms with Crippen LogP contribution in [0.5, 0.6) is 5.75 Å². The highest BCUT2D eigenvalue weighted by Crippen LogP contribution is 2.30. The molecule has 0 aromatic heterocycles. The molecular weight excluding hydrogens is 193 g/mol. The Morgan fingerprint density at radius 2 is 2.20 bits per heavy atom. The van der Waals surface area contributed by atoms with Crippen molar-refractivity contribution in [3.63, 3.8) is 0 Å². The maximum Gasteiger partial charge on any atom is 0.169 e. The first-order valence-electron chi connectivity index (χ1n) is 5.42. The van der Waals surface area contributed by atoms with Gasteiger partial charge in [0, 0.05) is 17.6 Å². The van der Waals surface area contributed by atoms with Gasteiger partial charge in [-0.15, -0.1) is 0 Å². The molecule has 0 radical (unpaired) electrons. The third-order valence-electron chi connectivity index (χ3n) is 3.00. The fourth-order valence-corrected chi connectivity index (χ4v) is 2.19. The maximum atomic E-state index is 13.6. The number of benzene rings is 1. The number of phenols is 1. The van der Waals surface area contributed by atoms with E-state index in [9.17, 15) is 9.50 Å². The number of rotatable bonds is 1. The number of nitrogens with one attached hydrogen (secondary N) is 1. The first kappa shape index (κ1) is 10.4. The van der Waals surface area contributed by atoms with Gasteiger partial charge in [-0.05, 0) is 25.8 Å². The minimum atomic E-state index is -0.482. The van der Waals surface area contributed by atoms with E-state index in [0.29, 0.717) is 11.6 Å². The maximum absolute atomic E-state index is 13.6. The van der Waals surface area contributed by atoms with E-state index >= 15 is 0 Å². The standard InChI is InChI=1S/C12H16FNO/c1-8-4-2-6-10(14-8)9-5-3-7-11(15)12(9)13/h3,5,7-8,10,14-15H,2,4,6H2,1H3. The van der Waals surface area contributed by atoms with Crippen LogP contribution >= 0.6 is 0 Å². The Morgan fingerprint density at radius 1 is 1.40 bits per heavy atom. The molecule has 2 atom stereocenters. The molecule has 1 fully saturated rings. The third kappa shape index (κ3) is 2.12. The van der Waals surface area contributed by atoms with E-state index in [4.69, 9.17) is 0 Å². The summed E-state index contributed by atoms with van der Waals surface area (Å²) in [6.45, 7) is 2.10. The van der Waals surface area contributed by atoms with Crippen molar-refractivity contribution in [2.75, 3.05) is 0 Å². The lowest BCUT2D eigenvalue weighted by Gasteiger charge is -2.29. The quantitative estimate of drug-likeness (QED) is 0.745. The lowest BCUT2D eigenvalue weighted by atomic mass is 9.93. The fraction of sp³-hybridized carbons (Fsp3) is 0.500. The second-order valence-corrected chi connectivity index (χ2v) is 4.23. The van der Waals surface area contributed by atoms with Crippen LogP contribution in [-0.4, -0.2) is 11.1 Å². The zero-order chi connectivity index (χ0) is 10.8. The summed E-state index contributed by atoms with van der Waals surface area (Å²) in [4.78, 5) is 0. The van der Waals surface area contributed by atoms with Gasteiger partial charge in [0.05, 0.1) is 0 Å². The van der Waals surface area contributed by atoms with E-state index < -0.39 is 5.82 Å². The Balaban J connectivity index is 2.24. The van der Waals surface area contributed by atoms with Crippen LogP contribution in [0.2, 0.25) is 0 Å². The third-order valence-corrected chi connectivity index (χ3v) is 3.00. The van der Waals surface area contributed by atoms with Crippen LogP contribution in [0.15, 0.2) is 18.2 Å². The summed E-state index contributed by atoms with van der Waals surface area (Å²) in [5.41, 5.74) is 0.585. The first-order chi connectivity index (χ1) is 7.18. The lowest BCUT2D eigenvalue weighted by molar-refractivity contribution is 0.330. The molecule has 0 spiro atoms. The molecule has 0 saturated carbocycles. The van der Waals surface area contributed by atoms with E-state index in [1.54, 1.807) is 12.1 Å². The Morgan fingerprint density at radius 3 is 2.93 bits per heavy atom. The highest BCUT2D eigenvalue weighted by Gasteiger charge is 2.22. The van der Waals surface area contributed by atoms with Gasteiger partial charge >= 0.3 is 0 Å². The molecule has 0 amide bonds.